The van der Waals surface area contributed by atoms with Gasteiger partial charge in [-0.15, -0.1) is 0 Å². The molecule has 0 rings (SSSR count). The number of hydrogen-bond acceptors (Lipinski definition) is 8. The van der Waals surface area contributed by atoms with Crippen molar-refractivity contribution in [1.29, 1.82) is 0 Å². The number of rotatable bonds is 39. The summed E-state index contributed by atoms with van der Waals surface area (Å²) in [6.07, 6.45) is 44.9. The van der Waals surface area contributed by atoms with Gasteiger partial charge in [-0.2, -0.15) is 0 Å². The van der Waals surface area contributed by atoms with Gasteiger partial charge in [0.25, 0.3) is 7.82 Å². The van der Waals surface area contributed by atoms with Crippen LogP contribution in [0.2, 0.25) is 0 Å². The summed E-state index contributed by atoms with van der Waals surface area (Å²) < 4.78 is 34.2. The van der Waals surface area contributed by atoms with E-state index in [-0.39, 0.29) is 32.8 Å². The predicted octanol–water partition coefficient (Wildman–Crippen LogP) is 10.8. The maximum absolute atomic E-state index is 12.6. The van der Waals surface area contributed by atoms with E-state index in [2.05, 4.69) is 55.5 Å². The van der Waals surface area contributed by atoms with Crippen LogP contribution in [0, 0.1) is 0 Å². The van der Waals surface area contributed by atoms with Gasteiger partial charge in [0, 0.05) is 13.0 Å². The lowest BCUT2D eigenvalue weighted by molar-refractivity contribution is -0.870. The Morgan fingerprint density at radius 2 is 1.13 bits per heavy atom. The van der Waals surface area contributed by atoms with E-state index in [1.807, 2.05) is 27.2 Å². The average Bonchev–Trinajstić information content (AvgIpc) is 3.12. The molecule has 1 unspecified atom stereocenters. The minimum Gasteiger partial charge on any atom is -0.756 e. The highest BCUT2D eigenvalue weighted by Gasteiger charge is 2.20. The highest BCUT2D eigenvalue weighted by atomic mass is 31.2. The summed E-state index contributed by atoms with van der Waals surface area (Å²) in [7, 11) is 1.27. The molecular weight excluding hydrogens is 701 g/mol. The zero-order chi connectivity index (χ0) is 39.9. The van der Waals surface area contributed by atoms with Gasteiger partial charge in [-0.3, -0.25) is 9.36 Å². The summed E-state index contributed by atoms with van der Waals surface area (Å²) in [4.78, 5) is 25.0. The van der Waals surface area contributed by atoms with E-state index < -0.39 is 19.9 Å². The molecule has 10 heteroatoms. The molecule has 0 bridgehead atoms. The van der Waals surface area contributed by atoms with Crippen LogP contribution in [0.1, 0.15) is 155 Å². The Labute approximate surface area is 331 Å². The summed E-state index contributed by atoms with van der Waals surface area (Å²) in [5, 5.41) is 8.80. The molecule has 314 valence electrons. The molecule has 0 amide bonds. The molecule has 1 N–H and O–H groups in total. The number of carbonyl (C=O) groups excluding carboxylic acids is 1. The van der Waals surface area contributed by atoms with Gasteiger partial charge < -0.3 is 33.0 Å². The van der Waals surface area contributed by atoms with E-state index >= 15 is 0 Å². The van der Waals surface area contributed by atoms with Gasteiger partial charge in [-0.25, -0.2) is 0 Å². The molecule has 0 aliphatic rings. The zero-order valence-electron chi connectivity index (χ0n) is 34.8. The number of phosphoric ester groups is 1. The third-order valence-electron chi connectivity index (χ3n) is 8.69. The third-order valence-corrected chi connectivity index (χ3v) is 9.65. The van der Waals surface area contributed by atoms with Crippen LogP contribution in [0.3, 0.4) is 0 Å². The fourth-order valence-electron chi connectivity index (χ4n) is 5.37. The van der Waals surface area contributed by atoms with Crippen molar-refractivity contribution in [2.24, 2.45) is 0 Å². The number of phosphoric acid groups is 1. The molecule has 0 aromatic carbocycles. The van der Waals surface area contributed by atoms with E-state index in [1.54, 1.807) is 6.26 Å². The van der Waals surface area contributed by atoms with Gasteiger partial charge in [-0.1, -0.05) is 133 Å². The van der Waals surface area contributed by atoms with Crippen molar-refractivity contribution < 1.29 is 42.4 Å². The predicted molar refractivity (Wildman–Crippen MR) is 223 cm³/mol. The van der Waals surface area contributed by atoms with Gasteiger partial charge in [0.15, 0.2) is 6.10 Å². The molecule has 9 nitrogen and oxygen atoms in total. The van der Waals surface area contributed by atoms with Crippen LogP contribution in [-0.2, 0) is 27.9 Å². The first-order valence-electron chi connectivity index (χ1n) is 21.2. The Morgan fingerprint density at radius 1 is 0.648 bits per heavy atom. The van der Waals surface area contributed by atoms with Crippen LogP contribution < -0.4 is 4.89 Å². The Balaban J connectivity index is 4.42. The number of likely N-dealkylation sites (N-methyl/N-ethyl adjacent to an activating group) is 1. The number of unbranched alkanes of at least 4 members (excludes halogenated alkanes) is 16. The summed E-state index contributed by atoms with van der Waals surface area (Å²) in [6.45, 7) is 2.66. The Kier molecular flexibility index (Phi) is 36.5. The molecule has 54 heavy (non-hydrogen) atoms. The van der Waals surface area contributed by atoms with E-state index in [0.717, 1.165) is 64.2 Å². The maximum Gasteiger partial charge on any atom is 0.306 e. The highest BCUT2D eigenvalue weighted by molar-refractivity contribution is 7.45. The Bertz CT molecular complexity index is 1050. The number of nitrogens with zero attached hydrogens (tertiary/aromatic N) is 1. The first kappa shape index (κ1) is 52.0. The smallest absolute Gasteiger partial charge is 0.306 e. The number of carbonyl (C=O) groups is 1. The lowest BCUT2D eigenvalue weighted by atomic mass is 10.0. The second-order valence-electron chi connectivity index (χ2n) is 15.1. The molecule has 0 aliphatic carbocycles. The van der Waals surface area contributed by atoms with Gasteiger partial charge in [0.05, 0.1) is 34.0 Å². The lowest BCUT2D eigenvalue weighted by Crippen LogP contribution is -2.37. The van der Waals surface area contributed by atoms with Crippen molar-refractivity contribution >= 4 is 13.8 Å². The van der Waals surface area contributed by atoms with Crippen molar-refractivity contribution in [3.63, 3.8) is 0 Å². The van der Waals surface area contributed by atoms with Crippen molar-refractivity contribution in [1.82, 2.24) is 0 Å². The third kappa shape index (κ3) is 41.2. The molecule has 0 aromatic heterocycles. The number of hydrogen-bond donors (Lipinski definition) is 1. The second-order valence-corrected chi connectivity index (χ2v) is 16.6. The molecule has 0 aromatic rings. The zero-order valence-corrected chi connectivity index (χ0v) is 35.7. The number of aliphatic hydroxyl groups excluding tert-OH is 1. The quantitative estimate of drug-likeness (QED) is 0.0164. The minimum absolute atomic E-state index is 0.000514. The van der Waals surface area contributed by atoms with Crippen LogP contribution in [0.15, 0.2) is 60.9 Å². The molecule has 0 radical (unpaired) electrons. The topological polar surface area (TPSA) is 114 Å². The van der Waals surface area contributed by atoms with Crippen LogP contribution in [0.25, 0.3) is 0 Å². The Hall–Kier alpha value is -2.00. The number of aliphatic hydroxyl groups is 1. The first-order valence-corrected chi connectivity index (χ1v) is 22.6. The summed E-state index contributed by atoms with van der Waals surface area (Å²) in [5.74, 6) is -0.420. The van der Waals surface area contributed by atoms with Crippen LogP contribution >= 0.6 is 7.82 Å². The normalized spacial score (nSPS) is 14.3. The summed E-state index contributed by atoms with van der Waals surface area (Å²) >= 11 is 0. The van der Waals surface area contributed by atoms with E-state index in [4.69, 9.17) is 23.6 Å². The van der Waals surface area contributed by atoms with Crippen LogP contribution in [0.5, 0.6) is 0 Å². The van der Waals surface area contributed by atoms with E-state index in [1.165, 1.54) is 70.6 Å². The maximum atomic E-state index is 12.6. The number of esters is 1. The van der Waals surface area contributed by atoms with Crippen LogP contribution in [0.4, 0.5) is 0 Å². The molecule has 0 heterocycles. The molecule has 0 fully saturated rings. The standard InChI is InChI=1S/C44H80NO8P/c1-5-6-7-8-9-10-11-12-20-23-26-29-32-35-39-50-41-43(42-52-54(48,49)51-40-37-45(2,3)4)53-44(47)36-33-30-27-24-21-18-16-14-13-15-17-19-22-25-28-31-34-38-46/h13,15-16,18-19,22,24,27,35,39,43,46H,5-12,14,17,20-21,23,25-26,28-34,36-38,40-42H2,1-4H3/b15-13-,18-16-,22-19-,27-24-,39-35+/t43-/m1/s1. The van der Waals surface area contributed by atoms with Crippen LogP contribution in [-0.4, -0.2) is 75.8 Å². The summed E-state index contributed by atoms with van der Waals surface area (Å²) in [6, 6.07) is 0. The number of ether oxygens (including phenoxy) is 2. The number of quaternary nitrogens is 1. The monoisotopic (exact) mass is 782 g/mol. The Morgan fingerprint density at radius 3 is 1.67 bits per heavy atom. The van der Waals surface area contributed by atoms with Gasteiger partial charge >= 0.3 is 5.97 Å². The largest absolute Gasteiger partial charge is 0.756 e. The van der Waals surface area contributed by atoms with Gasteiger partial charge in [-0.05, 0) is 70.3 Å². The molecule has 0 spiro atoms. The minimum atomic E-state index is -4.56. The fourth-order valence-corrected chi connectivity index (χ4v) is 6.09. The first-order chi connectivity index (χ1) is 26.1. The molecule has 0 saturated carbocycles. The van der Waals surface area contributed by atoms with Gasteiger partial charge in [0.2, 0.25) is 0 Å². The summed E-state index contributed by atoms with van der Waals surface area (Å²) in [5.41, 5.74) is 0. The lowest BCUT2D eigenvalue weighted by Gasteiger charge is -2.28. The number of allylic oxidation sites excluding steroid dienone is 9. The van der Waals surface area contributed by atoms with Crippen molar-refractivity contribution in [2.75, 3.05) is 54.1 Å². The SMILES string of the molecule is CCCCCCCCCCCCCC/C=C/OC[C@H](COP(=O)([O-])OCC[N+](C)(C)C)OC(=O)CCC/C=C\C/C=C\C/C=C\C/C=C\CCCCCO. The fraction of sp³-hybridized carbons (Fsp3) is 0.750. The van der Waals surface area contributed by atoms with Gasteiger partial charge in [0.1, 0.15) is 19.8 Å². The molecule has 0 saturated heterocycles. The molecule has 2 atom stereocenters. The van der Waals surface area contributed by atoms with E-state index in [0.29, 0.717) is 17.4 Å². The highest BCUT2D eigenvalue weighted by Crippen LogP contribution is 2.38. The molecule has 0 aliphatic heterocycles. The van der Waals surface area contributed by atoms with Crippen molar-refractivity contribution in [3.8, 4) is 0 Å². The van der Waals surface area contributed by atoms with Crippen molar-refractivity contribution in [2.45, 2.75) is 161 Å². The van der Waals surface area contributed by atoms with Crippen molar-refractivity contribution in [3.05, 3.63) is 60.9 Å². The average molecular weight is 782 g/mol. The second kappa shape index (κ2) is 37.9. The van der Waals surface area contributed by atoms with E-state index in [9.17, 15) is 14.3 Å². The molecular formula is C44H80NO8P.